The Labute approximate surface area is 100.0 Å². The number of anilines is 1. The maximum absolute atomic E-state index is 9.31. The molecule has 0 aromatic heterocycles. The quantitative estimate of drug-likeness (QED) is 0.842. The molecule has 0 unspecified atom stereocenters. The number of aromatic hydroxyl groups is 1. The van der Waals surface area contributed by atoms with Crippen LogP contribution in [0.25, 0.3) is 0 Å². The molecule has 0 saturated carbocycles. The van der Waals surface area contributed by atoms with Gasteiger partial charge in [-0.25, -0.2) is 0 Å². The van der Waals surface area contributed by atoms with E-state index in [-0.39, 0.29) is 5.75 Å². The lowest BCUT2D eigenvalue weighted by Crippen LogP contribution is -1.99. The summed E-state index contributed by atoms with van der Waals surface area (Å²) in [7, 11) is 0. The molecular formula is C14H12N2O. The van der Waals surface area contributed by atoms with E-state index in [4.69, 9.17) is 5.26 Å². The summed E-state index contributed by atoms with van der Waals surface area (Å²) in [6, 6.07) is 16.5. The third kappa shape index (κ3) is 2.99. The summed E-state index contributed by atoms with van der Waals surface area (Å²) in [4.78, 5) is 0. The van der Waals surface area contributed by atoms with Crippen molar-refractivity contribution in [3.63, 3.8) is 0 Å². The third-order valence-corrected chi connectivity index (χ3v) is 2.40. The van der Waals surface area contributed by atoms with Crippen molar-refractivity contribution in [2.75, 3.05) is 5.32 Å². The Kier molecular flexibility index (Phi) is 3.27. The van der Waals surface area contributed by atoms with Gasteiger partial charge in [-0.05, 0) is 29.8 Å². The molecule has 0 heterocycles. The summed E-state index contributed by atoms with van der Waals surface area (Å²) in [6.07, 6.45) is 0. The minimum atomic E-state index is 0.237. The summed E-state index contributed by atoms with van der Waals surface area (Å²) < 4.78 is 0. The van der Waals surface area contributed by atoms with Gasteiger partial charge in [-0.3, -0.25) is 0 Å². The fraction of sp³-hybridized carbons (Fsp3) is 0.0714. The summed E-state index contributed by atoms with van der Waals surface area (Å²) in [5.41, 5.74) is 2.54. The summed E-state index contributed by atoms with van der Waals surface area (Å²) in [5.74, 6) is 0.237. The van der Waals surface area contributed by atoms with Crippen LogP contribution in [-0.4, -0.2) is 5.11 Å². The molecule has 2 aromatic carbocycles. The molecule has 0 amide bonds. The molecule has 3 heteroatoms. The van der Waals surface area contributed by atoms with E-state index >= 15 is 0 Å². The molecule has 0 fully saturated rings. The fourth-order valence-corrected chi connectivity index (χ4v) is 1.57. The van der Waals surface area contributed by atoms with E-state index in [0.29, 0.717) is 12.1 Å². The smallest absolute Gasteiger partial charge is 0.117 e. The van der Waals surface area contributed by atoms with Crippen molar-refractivity contribution in [3.05, 3.63) is 59.7 Å². The zero-order chi connectivity index (χ0) is 12.1. The van der Waals surface area contributed by atoms with E-state index in [0.717, 1.165) is 11.3 Å². The maximum atomic E-state index is 9.31. The Hall–Kier alpha value is -2.47. The maximum Gasteiger partial charge on any atom is 0.117 e. The number of nitrogens with zero attached hydrogens (tertiary/aromatic N) is 1. The number of nitrogens with one attached hydrogen (secondary N) is 1. The van der Waals surface area contributed by atoms with Gasteiger partial charge in [0.1, 0.15) is 5.75 Å². The Morgan fingerprint density at radius 2 is 1.94 bits per heavy atom. The van der Waals surface area contributed by atoms with Gasteiger partial charge < -0.3 is 10.4 Å². The number of hydrogen-bond acceptors (Lipinski definition) is 3. The van der Waals surface area contributed by atoms with Gasteiger partial charge in [0.2, 0.25) is 0 Å². The zero-order valence-corrected chi connectivity index (χ0v) is 9.22. The van der Waals surface area contributed by atoms with E-state index in [1.807, 2.05) is 24.3 Å². The lowest BCUT2D eigenvalue weighted by atomic mass is 10.1. The molecule has 0 spiro atoms. The molecule has 84 valence electrons. The van der Waals surface area contributed by atoms with Crippen LogP contribution in [0.1, 0.15) is 11.1 Å². The first-order valence-corrected chi connectivity index (χ1v) is 5.30. The van der Waals surface area contributed by atoms with Gasteiger partial charge in [-0.15, -0.1) is 0 Å². The van der Waals surface area contributed by atoms with Crippen LogP contribution in [0.2, 0.25) is 0 Å². The number of phenolic OH excluding ortho intramolecular Hbond substituents is 1. The first-order valence-electron chi connectivity index (χ1n) is 5.30. The first kappa shape index (κ1) is 11.0. The van der Waals surface area contributed by atoms with E-state index in [2.05, 4.69) is 11.4 Å². The third-order valence-electron chi connectivity index (χ3n) is 2.40. The topological polar surface area (TPSA) is 56.0 Å². The monoisotopic (exact) mass is 224 g/mol. The van der Waals surface area contributed by atoms with Gasteiger partial charge in [0.25, 0.3) is 0 Å². The highest BCUT2D eigenvalue weighted by atomic mass is 16.3. The highest BCUT2D eigenvalue weighted by molar-refractivity contribution is 5.48. The Bertz CT molecular complexity index is 558. The number of nitriles is 1. The van der Waals surface area contributed by atoms with Crippen LogP contribution >= 0.6 is 0 Å². The summed E-state index contributed by atoms with van der Waals surface area (Å²) in [6.45, 7) is 0.624. The molecule has 0 radical (unpaired) electrons. The average Bonchev–Trinajstić information content (AvgIpc) is 2.37. The van der Waals surface area contributed by atoms with E-state index in [9.17, 15) is 5.11 Å². The largest absolute Gasteiger partial charge is 0.508 e. The average molecular weight is 224 g/mol. The standard InChI is InChI=1S/C14H12N2O/c15-9-11-3-1-4-12(7-11)10-16-13-5-2-6-14(17)8-13/h1-8,16-17H,10H2. The van der Waals surface area contributed by atoms with Crippen LogP contribution in [-0.2, 0) is 6.54 Å². The molecule has 0 aliphatic carbocycles. The second-order valence-electron chi connectivity index (χ2n) is 3.72. The Morgan fingerprint density at radius 3 is 2.71 bits per heavy atom. The van der Waals surface area contributed by atoms with Crippen molar-refractivity contribution in [1.29, 1.82) is 5.26 Å². The molecule has 2 aromatic rings. The highest BCUT2D eigenvalue weighted by Crippen LogP contribution is 2.16. The van der Waals surface area contributed by atoms with Crippen LogP contribution < -0.4 is 5.32 Å². The minimum Gasteiger partial charge on any atom is -0.508 e. The van der Waals surface area contributed by atoms with Gasteiger partial charge >= 0.3 is 0 Å². The number of rotatable bonds is 3. The van der Waals surface area contributed by atoms with Crippen LogP contribution in [0.15, 0.2) is 48.5 Å². The second kappa shape index (κ2) is 5.04. The van der Waals surface area contributed by atoms with Gasteiger partial charge in [0.05, 0.1) is 11.6 Å². The van der Waals surface area contributed by atoms with Crippen LogP contribution in [0, 0.1) is 11.3 Å². The van der Waals surface area contributed by atoms with Gasteiger partial charge in [-0.1, -0.05) is 18.2 Å². The lowest BCUT2D eigenvalue weighted by molar-refractivity contribution is 0.475. The van der Waals surface area contributed by atoms with Crippen LogP contribution in [0.4, 0.5) is 5.69 Å². The summed E-state index contributed by atoms with van der Waals surface area (Å²) >= 11 is 0. The minimum absolute atomic E-state index is 0.237. The molecule has 0 bridgehead atoms. The molecule has 2 rings (SSSR count). The molecule has 2 N–H and O–H groups in total. The Morgan fingerprint density at radius 1 is 1.12 bits per heavy atom. The van der Waals surface area contributed by atoms with Gasteiger partial charge in [0.15, 0.2) is 0 Å². The van der Waals surface area contributed by atoms with E-state index < -0.39 is 0 Å². The molecule has 0 atom stereocenters. The predicted molar refractivity (Wildman–Crippen MR) is 66.6 cm³/mol. The molecule has 17 heavy (non-hydrogen) atoms. The van der Waals surface area contributed by atoms with Crippen molar-refractivity contribution < 1.29 is 5.11 Å². The zero-order valence-electron chi connectivity index (χ0n) is 9.22. The SMILES string of the molecule is N#Cc1cccc(CNc2cccc(O)c2)c1. The molecular weight excluding hydrogens is 212 g/mol. The van der Waals surface area contributed by atoms with E-state index in [1.165, 1.54) is 0 Å². The van der Waals surface area contributed by atoms with Crippen molar-refractivity contribution in [1.82, 2.24) is 0 Å². The lowest BCUT2D eigenvalue weighted by Gasteiger charge is -2.06. The first-order chi connectivity index (χ1) is 8.28. The normalized spacial score (nSPS) is 9.59. The van der Waals surface area contributed by atoms with Crippen molar-refractivity contribution in [2.24, 2.45) is 0 Å². The predicted octanol–water partition coefficient (Wildman–Crippen LogP) is 2.88. The Balaban J connectivity index is 2.05. The fourth-order valence-electron chi connectivity index (χ4n) is 1.57. The van der Waals surface area contributed by atoms with Gasteiger partial charge in [0, 0.05) is 18.3 Å². The van der Waals surface area contributed by atoms with Crippen LogP contribution in [0.5, 0.6) is 5.75 Å². The molecule has 0 aliphatic heterocycles. The van der Waals surface area contributed by atoms with Crippen LogP contribution in [0.3, 0.4) is 0 Å². The van der Waals surface area contributed by atoms with Crippen molar-refractivity contribution in [2.45, 2.75) is 6.54 Å². The second-order valence-corrected chi connectivity index (χ2v) is 3.72. The molecule has 3 nitrogen and oxygen atoms in total. The molecule has 0 saturated heterocycles. The van der Waals surface area contributed by atoms with E-state index in [1.54, 1.807) is 24.3 Å². The summed E-state index contributed by atoms with van der Waals surface area (Å²) in [5, 5.41) is 21.3. The van der Waals surface area contributed by atoms with Gasteiger partial charge in [-0.2, -0.15) is 5.26 Å². The highest BCUT2D eigenvalue weighted by Gasteiger charge is 1.96. The number of benzene rings is 2. The number of phenols is 1. The van der Waals surface area contributed by atoms with Crippen molar-refractivity contribution in [3.8, 4) is 11.8 Å². The molecule has 0 aliphatic rings. The number of hydrogen-bond donors (Lipinski definition) is 2. The van der Waals surface area contributed by atoms with Crippen molar-refractivity contribution >= 4 is 5.69 Å².